The molecule has 9 nitrogen and oxygen atoms in total. The Hall–Kier alpha value is -2.88. The molecule has 3 aliphatic rings. The number of hydrogen-bond acceptors (Lipinski definition) is 7. The van der Waals surface area contributed by atoms with Gasteiger partial charge in [0.05, 0.1) is 0 Å². The van der Waals surface area contributed by atoms with Gasteiger partial charge < -0.3 is 15.5 Å². The Morgan fingerprint density at radius 2 is 1.76 bits per heavy atom. The second-order valence-corrected chi connectivity index (χ2v) is 10.6. The first-order chi connectivity index (χ1) is 18.0. The van der Waals surface area contributed by atoms with E-state index >= 15 is 0 Å². The summed E-state index contributed by atoms with van der Waals surface area (Å²) in [7, 11) is 0. The minimum atomic E-state index is -0.139. The van der Waals surface area contributed by atoms with Gasteiger partial charge in [0.25, 0.3) is 5.91 Å². The highest BCUT2D eigenvalue weighted by Gasteiger charge is 2.27. The van der Waals surface area contributed by atoms with Crippen LogP contribution in [-0.2, 0) is 24.3 Å². The second kappa shape index (κ2) is 12.1. The monoisotopic (exact) mass is 505 g/mol. The van der Waals surface area contributed by atoms with Crippen LogP contribution in [-0.4, -0.2) is 94.9 Å². The zero-order valence-electron chi connectivity index (χ0n) is 21.9. The number of carbonyl (C=O) groups excluding carboxylic acids is 2. The van der Waals surface area contributed by atoms with E-state index in [1.807, 2.05) is 11.0 Å². The van der Waals surface area contributed by atoms with Crippen molar-refractivity contribution in [3.63, 3.8) is 0 Å². The third kappa shape index (κ3) is 6.71. The summed E-state index contributed by atoms with van der Waals surface area (Å²) in [5.74, 6) is 0.482. The molecule has 2 amide bonds. The van der Waals surface area contributed by atoms with E-state index in [4.69, 9.17) is 0 Å². The van der Waals surface area contributed by atoms with Gasteiger partial charge in [-0.2, -0.15) is 0 Å². The molecule has 0 spiro atoms. The highest BCUT2D eigenvalue weighted by Crippen LogP contribution is 2.23. The van der Waals surface area contributed by atoms with Crippen molar-refractivity contribution in [3.8, 4) is 0 Å². The van der Waals surface area contributed by atoms with Crippen molar-refractivity contribution in [2.75, 3.05) is 52.4 Å². The lowest BCUT2D eigenvalue weighted by Gasteiger charge is -2.37. The Morgan fingerprint density at radius 1 is 1.05 bits per heavy atom. The topological polar surface area (TPSA) is 93.7 Å². The number of rotatable bonds is 8. The number of piperazine rings is 1. The molecule has 1 aromatic carbocycles. The molecule has 198 valence electrons. The van der Waals surface area contributed by atoms with Crippen LogP contribution < -0.4 is 10.6 Å². The third-order valence-corrected chi connectivity index (χ3v) is 8.06. The number of amides is 2. The Balaban J connectivity index is 1.17. The summed E-state index contributed by atoms with van der Waals surface area (Å²) < 4.78 is 0. The molecule has 2 fully saturated rings. The average molecular weight is 506 g/mol. The van der Waals surface area contributed by atoms with Crippen molar-refractivity contribution in [1.82, 2.24) is 35.3 Å². The SMILES string of the molecule is CC(=O)N1CCC(Cc2cc(C(=O)NC[C@@H](CN3Cc4ccccc4C3)N3CCNCC3)ncn2)CC1. The Labute approximate surface area is 219 Å². The molecule has 3 aliphatic heterocycles. The average Bonchev–Trinajstić information content (AvgIpc) is 3.34. The van der Waals surface area contributed by atoms with Gasteiger partial charge in [0.15, 0.2) is 0 Å². The number of nitrogens with zero attached hydrogens (tertiary/aromatic N) is 5. The van der Waals surface area contributed by atoms with Gasteiger partial charge in [0.2, 0.25) is 5.91 Å². The van der Waals surface area contributed by atoms with Gasteiger partial charge in [-0.05, 0) is 42.4 Å². The summed E-state index contributed by atoms with van der Waals surface area (Å²) in [5, 5.41) is 6.62. The van der Waals surface area contributed by atoms with Gasteiger partial charge in [-0.25, -0.2) is 9.97 Å². The summed E-state index contributed by atoms with van der Waals surface area (Å²) in [6, 6.07) is 10.7. The van der Waals surface area contributed by atoms with Crippen LogP contribution in [0.25, 0.3) is 0 Å². The first-order valence-corrected chi connectivity index (χ1v) is 13.6. The second-order valence-electron chi connectivity index (χ2n) is 10.6. The van der Waals surface area contributed by atoms with E-state index in [1.165, 1.54) is 17.5 Å². The van der Waals surface area contributed by atoms with Crippen molar-refractivity contribution in [2.24, 2.45) is 5.92 Å². The molecule has 0 bridgehead atoms. The lowest BCUT2D eigenvalue weighted by Crippen LogP contribution is -2.55. The Kier molecular flexibility index (Phi) is 8.43. The molecular weight excluding hydrogens is 466 g/mol. The maximum Gasteiger partial charge on any atom is 0.270 e. The molecule has 4 heterocycles. The van der Waals surface area contributed by atoms with Gasteiger partial charge in [-0.15, -0.1) is 0 Å². The molecule has 37 heavy (non-hydrogen) atoms. The minimum absolute atomic E-state index is 0.139. The number of benzene rings is 1. The van der Waals surface area contributed by atoms with Crippen LogP contribution in [0, 0.1) is 5.92 Å². The van der Waals surface area contributed by atoms with Crippen molar-refractivity contribution in [2.45, 2.75) is 45.3 Å². The van der Waals surface area contributed by atoms with E-state index < -0.39 is 0 Å². The standard InChI is InChI=1S/C28H39N7O2/c1-21(36)34-10-6-22(7-11-34)14-25-15-27(32-20-31-25)28(37)30-16-26(35-12-8-29-9-13-35)19-33-17-23-4-2-3-5-24(23)18-33/h2-5,15,20,22,26,29H,6-14,16-19H2,1H3,(H,30,37)/t26-/m0/s1. The van der Waals surface area contributed by atoms with Gasteiger partial charge >= 0.3 is 0 Å². The van der Waals surface area contributed by atoms with Crippen LogP contribution in [0.5, 0.6) is 0 Å². The number of carbonyl (C=O) groups is 2. The number of likely N-dealkylation sites (tertiary alicyclic amines) is 1. The normalized spacial score (nSPS) is 20.0. The number of nitrogens with one attached hydrogen (secondary N) is 2. The number of aromatic nitrogens is 2. The van der Waals surface area contributed by atoms with E-state index in [2.05, 4.69) is 54.7 Å². The van der Waals surface area contributed by atoms with Crippen molar-refractivity contribution in [1.29, 1.82) is 0 Å². The van der Waals surface area contributed by atoms with Crippen molar-refractivity contribution in [3.05, 3.63) is 59.2 Å². The predicted octanol–water partition coefficient (Wildman–Crippen LogP) is 1.30. The Morgan fingerprint density at radius 3 is 2.43 bits per heavy atom. The van der Waals surface area contributed by atoms with Crippen LogP contribution in [0.2, 0.25) is 0 Å². The summed E-state index contributed by atoms with van der Waals surface area (Å²) >= 11 is 0. The van der Waals surface area contributed by atoms with Crippen LogP contribution in [0.15, 0.2) is 36.7 Å². The minimum Gasteiger partial charge on any atom is -0.349 e. The third-order valence-electron chi connectivity index (χ3n) is 8.06. The van der Waals surface area contributed by atoms with Crippen LogP contribution in [0.3, 0.4) is 0 Å². The highest BCUT2D eigenvalue weighted by molar-refractivity contribution is 5.92. The first-order valence-electron chi connectivity index (χ1n) is 13.6. The maximum atomic E-state index is 13.1. The summed E-state index contributed by atoms with van der Waals surface area (Å²) in [6.07, 6.45) is 4.26. The van der Waals surface area contributed by atoms with E-state index in [9.17, 15) is 9.59 Å². The molecule has 1 aromatic heterocycles. The molecule has 0 aliphatic carbocycles. The fourth-order valence-electron chi connectivity index (χ4n) is 5.87. The largest absolute Gasteiger partial charge is 0.349 e. The maximum absolute atomic E-state index is 13.1. The number of hydrogen-bond donors (Lipinski definition) is 2. The molecule has 9 heteroatoms. The van der Waals surface area contributed by atoms with E-state index in [0.29, 0.717) is 18.2 Å². The van der Waals surface area contributed by atoms with Crippen molar-refractivity contribution < 1.29 is 9.59 Å². The molecule has 0 saturated carbocycles. The molecule has 0 radical (unpaired) electrons. The summed E-state index contributed by atoms with van der Waals surface area (Å²) in [5.41, 5.74) is 4.14. The van der Waals surface area contributed by atoms with Gasteiger partial charge in [0.1, 0.15) is 12.0 Å². The fourth-order valence-corrected chi connectivity index (χ4v) is 5.87. The van der Waals surface area contributed by atoms with Crippen LogP contribution in [0.4, 0.5) is 0 Å². The smallest absolute Gasteiger partial charge is 0.270 e. The fraction of sp³-hybridized carbons (Fsp3) is 0.571. The summed E-state index contributed by atoms with van der Waals surface area (Å²) in [4.78, 5) is 40.3. The molecule has 2 aromatic rings. The zero-order valence-corrected chi connectivity index (χ0v) is 21.9. The lowest BCUT2D eigenvalue weighted by molar-refractivity contribution is -0.130. The molecule has 0 unspecified atom stereocenters. The molecule has 5 rings (SSSR count). The lowest BCUT2D eigenvalue weighted by atomic mass is 9.92. The number of piperidine rings is 1. The first kappa shape index (κ1) is 25.8. The Bertz CT molecular complexity index is 1050. The highest BCUT2D eigenvalue weighted by atomic mass is 16.2. The van der Waals surface area contributed by atoms with Gasteiger partial charge in [-0.3, -0.25) is 19.4 Å². The molecular formula is C28H39N7O2. The molecule has 1 atom stereocenters. The molecule has 2 saturated heterocycles. The molecule has 2 N–H and O–H groups in total. The quantitative estimate of drug-likeness (QED) is 0.559. The number of fused-ring (bicyclic) bond motifs is 1. The van der Waals surface area contributed by atoms with E-state index in [-0.39, 0.29) is 17.9 Å². The van der Waals surface area contributed by atoms with E-state index in [0.717, 1.165) is 83.9 Å². The zero-order chi connectivity index (χ0) is 25.6. The van der Waals surface area contributed by atoms with Crippen molar-refractivity contribution >= 4 is 11.8 Å². The van der Waals surface area contributed by atoms with Gasteiger partial charge in [-0.1, -0.05) is 24.3 Å². The van der Waals surface area contributed by atoms with Gasteiger partial charge in [0, 0.05) is 84.1 Å². The van der Waals surface area contributed by atoms with E-state index in [1.54, 1.807) is 6.92 Å². The van der Waals surface area contributed by atoms with Crippen LogP contribution in [0.1, 0.15) is 47.1 Å². The van der Waals surface area contributed by atoms with Crippen LogP contribution >= 0.6 is 0 Å². The summed E-state index contributed by atoms with van der Waals surface area (Å²) in [6.45, 7) is 10.6. The predicted molar refractivity (Wildman–Crippen MR) is 142 cm³/mol.